The first-order chi connectivity index (χ1) is 13.1. The van der Waals surface area contributed by atoms with Crippen LogP contribution in [0.4, 0.5) is 5.95 Å². The second-order valence-corrected chi connectivity index (χ2v) is 6.92. The first kappa shape index (κ1) is 17.2. The summed E-state index contributed by atoms with van der Waals surface area (Å²) in [5.74, 6) is 2.83. The van der Waals surface area contributed by atoms with E-state index < -0.39 is 0 Å². The van der Waals surface area contributed by atoms with Crippen molar-refractivity contribution in [3.05, 3.63) is 48.0 Å². The molecule has 1 aromatic heterocycles. The molecule has 7 nitrogen and oxygen atoms in total. The van der Waals surface area contributed by atoms with Crippen LogP contribution in [0.25, 0.3) is 11.0 Å². The fourth-order valence-corrected chi connectivity index (χ4v) is 3.16. The minimum Gasteiger partial charge on any atom is -0.493 e. The molecule has 0 fully saturated rings. The molecule has 1 atom stereocenters. The van der Waals surface area contributed by atoms with E-state index in [1.165, 1.54) is 0 Å². The van der Waals surface area contributed by atoms with Crippen LogP contribution >= 0.6 is 0 Å². The Balaban J connectivity index is 1.78. The van der Waals surface area contributed by atoms with Gasteiger partial charge in [0.25, 0.3) is 0 Å². The number of fused-ring (bicyclic) bond motifs is 3. The largest absolute Gasteiger partial charge is 0.493 e. The maximum Gasteiger partial charge on any atom is 0.212 e. The summed E-state index contributed by atoms with van der Waals surface area (Å²) in [4.78, 5) is 9.23. The van der Waals surface area contributed by atoms with Crippen molar-refractivity contribution in [2.24, 2.45) is 16.6 Å². The Morgan fingerprint density at radius 2 is 2.00 bits per heavy atom. The third-order valence-electron chi connectivity index (χ3n) is 4.40. The molecule has 0 saturated carbocycles. The van der Waals surface area contributed by atoms with Crippen LogP contribution in [0.2, 0.25) is 0 Å². The van der Waals surface area contributed by atoms with E-state index in [0.29, 0.717) is 30.2 Å². The van der Waals surface area contributed by atoms with Gasteiger partial charge in [0, 0.05) is 5.56 Å². The molecule has 2 heterocycles. The fourth-order valence-electron chi connectivity index (χ4n) is 3.16. The second kappa shape index (κ2) is 6.83. The number of aromatic nitrogens is 2. The number of para-hydroxylation sites is 2. The van der Waals surface area contributed by atoms with E-state index in [0.717, 1.165) is 22.3 Å². The number of hydrogen-bond donors (Lipinski definition) is 2. The molecule has 1 aliphatic rings. The standard InChI is InChI=1S/C20H23N5O2/c1-12(2)11-27-16-9-8-13(10-17(16)26-3)18-23-19(21)24-20-22-14-6-4-5-7-15(14)25(18)20/h4-10,12,18H,11H2,1-3H3,(H3,21,22,23,24)/t18-/m0/s1. The lowest BCUT2D eigenvalue weighted by Crippen LogP contribution is -2.31. The molecule has 0 unspecified atom stereocenters. The highest BCUT2D eigenvalue weighted by atomic mass is 16.5. The number of guanidine groups is 1. The summed E-state index contributed by atoms with van der Waals surface area (Å²) >= 11 is 0. The number of nitrogens with zero attached hydrogens (tertiary/aromatic N) is 3. The van der Waals surface area contributed by atoms with Crippen molar-refractivity contribution in [1.82, 2.24) is 9.55 Å². The van der Waals surface area contributed by atoms with Crippen LogP contribution in [-0.4, -0.2) is 29.2 Å². The maximum atomic E-state index is 6.01. The quantitative estimate of drug-likeness (QED) is 0.724. The lowest BCUT2D eigenvalue weighted by Gasteiger charge is -2.24. The summed E-state index contributed by atoms with van der Waals surface area (Å²) < 4.78 is 13.4. The molecule has 0 amide bonds. The molecular formula is C20H23N5O2. The molecule has 0 saturated heterocycles. The minimum absolute atomic E-state index is 0.332. The van der Waals surface area contributed by atoms with Gasteiger partial charge in [-0.1, -0.05) is 32.0 Å². The molecule has 0 radical (unpaired) electrons. The number of imidazole rings is 1. The summed E-state index contributed by atoms with van der Waals surface area (Å²) in [7, 11) is 1.64. The van der Waals surface area contributed by atoms with Crippen LogP contribution in [-0.2, 0) is 0 Å². The highest BCUT2D eigenvalue weighted by Gasteiger charge is 2.25. The lowest BCUT2D eigenvalue weighted by molar-refractivity contribution is 0.256. The van der Waals surface area contributed by atoms with E-state index in [1.807, 2.05) is 47.0 Å². The number of hydrogen-bond acceptors (Lipinski definition) is 6. The molecule has 3 aromatic rings. The Morgan fingerprint density at radius 3 is 2.78 bits per heavy atom. The number of ether oxygens (including phenoxy) is 2. The molecule has 1 aliphatic heterocycles. The van der Waals surface area contributed by atoms with Crippen molar-refractivity contribution < 1.29 is 9.47 Å². The monoisotopic (exact) mass is 365 g/mol. The van der Waals surface area contributed by atoms with Gasteiger partial charge in [-0.15, -0.1) is 0 Å². The van der Waals surface area contributed by atoms with E-state index in [-0.39, 0.29) is 6.17 Å². The van der Waals surface area contributed by atoms with E-state index in [4.69, 9.17) is 15.2 Å². The van der Waals surface area contributed by atoms with Gasteiger partial charge in [0.2, 0.25) is 5.95 Å². The van der Waals surface area contributed by atoms with Gasteiger partial charge in [-0.2, -0.15) is 0 Å². The summed E-state index contributed by atoms with van der Waals surface area (Å²) in [5.41, 5.74) is 8.83. The average Bonchev–Trinajstić information content (AvgIpc) is 3.03. The number of methoxy groups -OCH3 is 1. The Labute approximate surface area is 157 Å². The average molecular weight is 365 g/mol. The highest BCUT2D eigenvalue weighted by molar-refractivity contribution is 5.94. The first-order valence-corrected chi connectivity index (χ1v) is 8.95. The lowest BCUT2D eigenvalue weighted by atomic mass is 10.1. The molecule has 0 bridgehead atoms. The first-order valence-electron chi connectivity index (χ1n) is 8.95. The predicted molar refractivity (Wildman–Crippen MR) is 106 cm³/mol. The van der Waals surface area contributed by atoms with Gasteiger partial charge in [-0.25, -0.2) is 9.98 Å². The van der Waals surface area contributed by atoms with Crippen LogP contribution in [0.5, 0.6) is 11.5 Å². The zero-order valence-corrected chi connectivity index (χ0v) is 15.6. The maximum absolute atomic E-state index is 6.01. The van der Waals surface area contributed by atoms with Gasteiger partial charge in [0.15, 0.2) is 23.6 Å². The molecule has 3 N–H and O–H groups in total. The van der Waals surface area contributed by atoms with Gasteiger partial charge in [-0.05, 0) is 30.2 Å². The molecule has 4 rings (SSSR count). The van der Waals surface area contributed by atoms with Gasteiger partial charge in [-0.3, -0.25) is 9.88 Å². The second-order valence-electron chi connectivity index (χ2n) is 6.92. The summed E-state index contributed by atoms with van der Waals surface area (Å²) in [5, 5.41) is 3.05. The normalized spacial score (nSPS) is 16.0. The van der Waals surface area contributed by atoms with Crippen molar-refractivity contribution in [2.75, 3.05) is 19.0 Å². The molecule has 2 aromatic carbocycles. The van der Waals surface area contributed by atoms with E-state index in [1.54, 1.807) is 7.11 Å². The molecule has 27 heavy (non-hydrogen) atoms. The minimum atomic E-state index is -0.332. The van der Waals surface area contributed by atoms with Crippen molar-refractivity contribution in [2.45, 2.75) is 20.0 Å². The third-order valence-corrected chi connectivity index (χ3v) is 4.40. The molecular weight excluding hydrogens is 342 g/mol. The number of anilines is 1. The Hall–Kier alpha value is -3.22. The van der Waals surface area contributed by atoms with Crippen LogP contribution in [0.15, 0.2) is 47.5 Å². The van der Waals surface area contributed by atoms with Crippen LogP contribution in [0.3, 0.4) is 0 Å². The van der Waals surface area contributed by atoms with Gasteiger partial charge >= 0.3 is 0 Å². The summed E-state index contributed by atoms with van der Waals surface area (Å²) in [6.45, 7) is 4.85. The summed E-state index contributed by atoms with van der Waals surface area (Å²) in [6.07, 6.45) is -0.332. The number of aliphatic imine (C=N–C) groups is 1. The number of rotatable bonds is 5. The topological polar surface area (TPSA) is 86.7 Å². The van der Waals surface area contributed by atoms with Crippen molar-refractivity contribution in [1.29, 1.82) is 0 Å². The predicted octanol–water partition coefficient (Wildman–Crippen LogP) is 3.37. The van der Waals surface area contributed by atoms with Gasteiger partial charge in [0.1, 0.15) is 0 Å². The fraction of sp³-hybridized carbons (Fsp3) is 0.300. The Morgan fingerprint density at radius 1 is 1.19 bits per heavy atom. The van der Waals surface area contributed by atoms with E-state index >= 15 is 0 Å². The number of benzene rings is 2. The van der Waals surface area contributed by atoms with Crippen LogP contribution in [0.1, 0.15) is 25.6 Å². The van der Waals surface area contributed by atoms with E-state index in [9.17, 15) is 0 Å². The summed E-state index contributed by atoms with van der Waals surface area (Å²) in [6, 6.07) is 13.8. The smallest absolute Gasteiger partial charge is 0.212 e. The van der Waals surface area contributed by atoms with E-state index in [2.05, 4.69) is 29.1 Å². The molecule has 140 valence electrons. The van der Waals surface area contributed by atoms with Crippen LogP contribution in [0, 0.1) is 5.92 Å². The van der Waals surface area contributed by atoms with Crippen LogP contribution < -0.4 is 20.5 Å². The van der Waals surface area contributed by atoms with Crippen molar-refractivity contribution in [3.8, 4) is 11.5 Å². The van der Waals surface area contributed by atoms with Gasteiger partial charge in [0.05, 0.1) is 24.8 Å². The molecule has 7 heteroatoms. The zero-order valence-electron chi connectivity index (χ0n) is 15.6. The van der Waals surface area contributed by atoms with Gasteiger partial charge < -0.3 is 15.2 Å². The molecule has 0 aliphatic carbocycles. The number of nitrogens with two attached hydrogens (primary N) is 1. The Bertz CT molecular complexity index is 1010. The Kier molecular flexibility index (Phi) is 4.35. The SMILES string of the molecule is COc1cc([C@H]2N=C(N)Nc3nc4ccccc4n32)ccc1OCC(C)C. The highest BCUT2D eigenvalue weighted by Crippen LogP contribution is 2.36. The van der Waals surface area contributed by atoms with Crippen molar-refractivity contribution >= 4 is 22.9 Å². The van der Waals surface area contributed by atoms with Crippen molar-refractivity contribution in [3.63, 3.8) is 0 Å². The molecule has 0 spiro atoms. The number of nitrogens with one attached hydrogen (secondary N) is 1. The third kappa shape index (κ3) is 3.16. The zero-order chi connectivity index (χ0) is 19.0.